The number of ether oxygens (including phenoxy) is 2. The number of para-hydroxylation sites is 1. The van der Waals surface area contributed by atoms with E-state index in [2.05, 4.69) is 5.32 Å². The van der Waals surface area contributed by atoms with Crippen LogP contribution in [0.1, 0.15) is 16.7 Å². The lowest BCUT2D eigenvalue weighted by Crippen LogP contribution is -2.40. The fraction of sp³-hybridized carbons (Fsp3) is 0.381. The predicted octanol–water partition coefficient (Wildman–Crippen LogP) is 2.65. The van der Waals surface area contributed by atoms with Crippen LogP contribution in [0.5, 0.6) is 5.75 Å². The zero-order valence-electron chi connectivity index (χ0n) is 16.9. The van der Waals surface area contributed by atoms with E-state index in [1.165, 1.54) is 10.4 Å². The molecule has 0 spiro atoms. The number of benzene rings is 2. The smallest absolute Gasteiger partial charge is 0.262 e. The monoisotopic (exact) mass is 418 g/mol. The zero-order chi connectivity index (χ0) is 21.0. The quantitative estimate of drug-likeness (QED) is 0.780. The van der Waals surface area contributed by atoms with Gasteiger partial charge in [0.25, 0.3) is 5.91 Å². The van der Waals surface area contributed by atoms with Crippen molar-refractivity contribution in [2.24, 2.45) is 0 Å². The average Bonchev–Trinajstić information content (AvgIpc) is 2.69. The van der Waals surface area contributed by atoms with E-state index < -0.39 is 10.0 Å². The van der Waals surface area contributed by atoms with Gasteiger partial charge in [0.1, 0.15) is 5.75 Å². The Morgan fingerprint density at radius 3 is 2.38 bits per heavy atom. The van der Waals surface area contributed by atoms with E-state index in [1.54, 1.807) is 19.1 Å². The van der Waals surface area contributed by atoms with Crippen LogP contribution in [0, 0.1) is 20.8 Å². The first-order chi connectivity index (χ1) is 13.8. The summed E-state index contributed by atoms with van der Waals surface area (Å²) in [5.74, 6) is 0.327. The lowest BCUT2D eigenvalue weighted by atomic mass is 10.1. The third-order valence-electron chi connectivity index (χ3n) is 4.82. The van der Waals surface area contributed by atoms with Crippen molar-refractivity contribution < 1.29 is 22.7 Å². The molecule has 1 heterocycles. The number of anilines is 1. The summed E-state index contributed by atoms with van der Waals surface area (Å²) in [5.41, 5.74) is 2.94. The van der Waals surface area contributed by atoms with Crippen LogP contribution < -0.4 is 10.1 Å². The van der Waals surface area contributed by atoms with Crippen molar-refractivity contribution in [2.45, 2.75) is 25.7 Å². The third-order valence-corrected chi connectivity index (χ3v) is 6.86. The highest BCUT2D eigenvalue weighted by molar-refractivity contribution is 7.89. The Balaban J connectivity index is 1.71. The molecule has 156 valence electrons. The van der Waals surface area contributed by atoms with E-state index in [0.717, 1.165) is 11.1 Å². The molecule has 0 aliphatic carbocycles. The van der Waals surface area contributed by atoms with E-state index in [-0.39, 0.29) is 17.4 Å². The van der Waals surface area contributed by atoms with E-state index >= 15 is 0 Å². The first-order valence-corrected chi connectivity index (χ1v) is 10.9. The van der Waals surface area contributed by atoms with Gasteiger partial charge in [-0.3, -0.25) is 4.79 Å². The first kappa shape index (κ1) is 21.3. The number of carbonyl (C=O) groups excluding carboxylic acids is 1. The van der Waals surface area contributed by atoms with E-state index in [1.807, 2.05) is 32.0 Å². The van der Waals surface area contributed by atoms with Crippen LogP contribution in [-0.2, 0) is 19.6 Å². The van der Waals surface area contributed by atoms with Crippen molar-refractivity contribution in [3.8, 4) is 5.75 Å². The number of morpholine rings is 1. The molecule has 1 amide bonds. The van der Waals surface area contributed by atoms with Crippen LogP contribution in [0.4, 0.5) is 5.69 Å². The van der Waals surface area contributed by atoms with E-state index in [9.17, 15) is 13.2 Å². The lowest BCUT2D eigenvalue weighted by Gasteiger charge is -2.26. The molecular formula is C21H26N2O5S. The van der Waals surface area contributed by atoms with Crippen LogP contribution in [0.2, 0.25) is 0 Å². The maximum absolute atomic E-state index is 13.0. The fourth-order valence-electron chi connectivity index (χ4n) is 3.24. The SMILES string of the molecule is Cc1ccc(NC(=O)COc2c(C)cccc2C)cc1S(=O)(=O)N1CCOCC1. The highest BCUT2D eigenvalue weighted by atomic mass is 32.2. The summed E-state index contributed by atoms with van der Waals surface area (Å²) in [4.78, 5) is 12.5. The van der Waals surface area contributed by atoms with Gasteiger partial charge in [0.05, 0.1) is 18.1 Å². The molecule has 0 atom stereocenters. The molecule has 0 aromatic heterocycles. The van der Waals surface area contributed by atoms with Gasteiger partial charge >= 0.3 is 0 Å². The molecule has 2 aromatic carbocycles. The summed E-state index contributed by atoms with van der Waals surface area (Å²) in [5, 5.41) is 2.72. The van der Waals surface area contributed by atoms with Gasteiger partial charge in [-0.05, 0) is 49.6 Å². The van der Waals surface area contributed by atoms with Crippen LogP contribution in [0.25, 0.3) is 0 Å². The molecule has 1 fully saturated rings. The lowest BCUT2D eigenvalue weighted by molar-refractivity contribution is -0.118. The number of amides is 1. The molecule has 1 aliphatic rings. The standard InChI is InChI=1S/C21H26N2O5S/c1-15-7-8-18(13-19(15)29(25,26)23-9-11-27-12-10-23)22-20(24)14-28-21-16(2)5-4-6-17(21)3/h4-8,13H,9-12,14H2,1-3H3,(H,22,24). The molecule has 1 saturated heterocycles. The molecular weight excluding hydrogens is 392 g/mol. The van der Waals surface area contributed by atoms with Crippen LogP contribution in [0.3, 0.4) is 0 Å². The van der Waals surface area contributed by atoms with Crippen molar-refractivity contribution >= 4 is 21.6 Å². The summed E-state index contributed by atoms with van der Waals surface area (Å²) in [7, 11) is -3.65. The molecule has 3 rings (SSSR count). The van der Waals surface area contributed by atoms with Crippen LogP contribution in [-0.4, -0.2) is 51.5 Å². The van der Waals surface area contributed by atoms with Crippen molar-refractivity contribution in [3.05, 3.63) is 53.1 Å². The maximum atomic E-state index is 13.0. The van der Waals surface area contributed by atoms with Gasteiger partial charge in [-0.15, -0.1) is 0 Å². The Hall–Kier alpha value is -2.42. The van der Waals surface area contributed by atoms with Gasteiger partial charge in [0.2, 0.25) is 10.0 Å². The Labute approximate surface area is 171 Å². The molecule has 8 heteroatoms. The van der Waals surface area contributed by atoms with Gasteiger partial charge in [-0.25, -0.2) is 8.42 Å². The topological polar surface area (TPSA) is 84.9 Å². The number of nitrogens with zero attached hydrogens (tertiary/aromatic N) is 1. The summed E-state index contributed by atoms with van der Waals surface area (Å²) in [6.07, 6.45) is 0. The summed E-state index contributed by atoms with van der Waals surface area (Å²) in [6.45, 7) is 6.82. The van der Waals surface area contributed by atoms with Gasteiger partial charge < -0.3 is 14.8 Å². The number of aryl methyl sites for hydroxylation is 3. The average molecular weight is 419 g/mol. The first-order valence-electron chi connectivity index (χ1n) is 9.46. The largest absolute Gasteiger partial charge is 0.483 e. The van der Waals surface area contributed by atoms with Crippen LogP contribution >= 0.6 is 0 Å². The van der Waals surface area contributed by atoms with E-state index in [4.69, 9.17) is 9.47 Å². The highest BCUT2D eigenvalue weighted by Gasteiger charge is 2.28. The summed E-state index contributed by atoms with van der Waals surface area (Å²) < 4.78 is 38.2. The number of sulfonamides is 1. The molecule has 0 bridgehead atoms. The molecule has 0 saturated carbocycles. The second-order valence-electron chi connectivity index (χ2n) is 7.05. The number of nitrogens with one attached hydrogen (secondary N) is 1. The predicted molar refractivity (Wildman–Crippen MR) is 111 cm³/mol. The molecule has 2 aromatic rings. The molecule has 1 N–H and O–H groups in total. The minimum Gasteiger partial charge on any atom is -0.483 e. The highest BCUT2D eigenvalue weighted by Crippen LogP contribution is 2.25. The number of hydrogen-bond donors (Lipinski definition) is 1. The second-order valence-corrected chi connectivity index (χ2v) is 8.96. The number of carbonyl (C=O) groups is 1. The second kappa shape index (κ2) is 8.94. The Bertz CT molecular complexity index is 978. The molecule has 7 nitrogen and oxygen atoms in total. The summed E-state index contributed by atoms with van der Waals surface area (Å²) >= 11 is 0. The minimum atomic E-state index is -3.65. The van der Waals surface area contributed by atoms with Crippen molar-refractivity contribution in [3.63, 3.8) is 0 Å². The van der Waals surface area contributed by atoms with Gasteiger partial charge in [-0.2, -0.15) is 4.31 Å². The van der Waals surface area contributed by atoms with Gasteiger partial charge in [0.15, 0.2) is 6.61 Å². The Kier molecular flexibility index (Phi) is 6.56. The number of hydrogen-bond acceptors (Lipinski definition) is 5. The maximum Gasteiger partial charge on any atom is 0.262 e. The fourth-order valence-corrected chi connectivity index (χ4v) is 4.90. The minimum absolute atomic E-state index is 0.162. The molecule has 1 aliphatic heterocycles. The van der Waals surface area contributed by atoms with Crippen molar-refractivity contribution in [1.29, 1.82) is 0 Å². The molecule has 0 radical (unpaired) electrons. The van der Waals surface area contributed by atoms with Crippen molar-refractivity contribution in [2.75, 3.05) is 38.2 Å². The number of rotatable bonds is 6. The Morgan fingerprint density at radius 2 is 1.72 bits per heavy atom. The summed E-state index contributed by atoms with van der Waals surface area (Å²) in [6, 6.07) is 10.6. The van der Waals surface area contributed by atoms with Gasteiger partial charge in [-0.1, -0.05) is 24.3 Å². The molecule has 29 heavy (non-hydrogen) atoms. The van der Waals surface area contributed by atoms with Gasteiger partial charge in [0, 0.05) is 18.8 Å². The van der Waals surface area contributed by atoms with Crippen LogP contribution in [0.15, 0.2) is 41.3 Å². The normalized spacial score (nSPS) is 15.1. The van der Waals surface area contributed by atoms with Crippen molar-refractivity contribution in [1.82, 2.24) is 4.31 Å². The Morgan fingerprint density at radius 1 is 1.07 bits per heavy atom. The third kappa shape index (κ3) is 4.95. The van der Waals surface area contributed by atoms with E-state index in [0.29, 0.717) is 43.3 Å². The molecule has 0 unspecified atom stereocenters. The zero-order valence-corrected chi connectivity index (χ0v) is 17.7.